The summed E-state index contributed by atoms with van der Waals surface area (Å²) in [5.74, 6) is -0.749. The Labute approximate surface area is 121 Å². The second-order valence-corrected chi connectivity index (χ2v) is 5.63. The minimum absolute atomic E-state index is 0.192. The van der Waals surface area contributed by atoms with Crippen LogP contribution >= 0.6 is 11.6 Å². The van der Waals surface area contributed by atoms with E-state index in [2.05, 4.69) is 0 Å². The maximum atomic E-state index is 11.7. The van der Waals surface area contributed by atoms with Crippen molar-refractivity contribution < 1.29 is 14.7 Å². The first-order valence-electron chi connectivity index (χ1n) is 6.63. The zero-order valence-electron chi connectivity index (χ0n) is 10.9. The predicted molar refractivity (Wildman–Crippen MR) is 75.4 cm³/mol. The molecule has 2 fully saturated rings. The van der Waals surface area contributed by atoms with Crippen LogP contribution in [0.15, 0.2) is 18.2 Å². The minimum atomic E-state index is -0.957. The average molecular weight is 295 g/mol. The summed E-state index contributed by atoms with van der Waals surface area (Å²) in [6, 6.07) is 5.00. The van der Waals surface area contributed by atoms with Gasteiger partial charge in [0.05, 0.1) is 11.3 Å². The topological polar surface area (TPSA) is 60.9 Å². The lowest BCUT2D eigenvalue weighted by molar-refractivity contribution is -0.129. The van der Waals surface area contributed by atoms with E-state index >= 15 is 0 Å². The molecule has 2 heterocycles. The third kappa shape index (κ3) is 2.22. The zero-order valence-corrected chi connectivity index (χ0v) is 11.6. The number of nitrogens with zero attached hydrogens (tertiary/aromatic N) is 2. The number of piperazine rings is 1. The summed E-state index contributed by atoms with van der Waals surface area (Å²) < 4.78 is 0. The van der Waals surface area contributed by atoms with E-state index in [9.17, 15) is 14.7 Å². The second kappa shape index (κ2) is 4.98. The van der Waals surface area contributed by atoms with Crippen LogP contribution in [0.3, 0.4) is 0 Å². The molecule has 2 saturated heterocycles. The highest BCUT2D eigenvalue weighted by atomic mass is 35.5. The number of rotatable bonds is 2. The van der Waals surface area contributed by atoms with Gasteiger partial charge in [-0.2, -0.15) is 0 Å². The van der Waals surface area contributed by atoms with Crippen molar-refractivity contribution in [3.05, 3.63) is 28.8 Å². The molecule has 20 heavy (non-hydrogen) atoms. The van der Waals surface area contributed by atoms with Crippen molar-refractivity contribution >= 4 is 29.2 Å². The number of amides is 1. The molecule has 2 aliphatic rings. The van der Waals surface area contributed by atoms with Gasteiger partial charge in [0, 0.05) is 37.1 Å². The van der Waals surface area contributed by atoms with Crippen molar-refractivity contribution in [2.75, 3.05) is 24.5 Å². The van der Waals surface area contributed by atoms with Crippen LogP contribution in [0.5, 0.6) is 0 Å². The lowest BCUT2D eigenvalue weighted by Crippen LogP contribution is -2.51. The Balaban J connectivity index is 1.89. The van der Waals surface area contributed by atoms with Crippen LogP contribution in [0.4, 0.5) is 5.69 Å². The molecule has 1 aromatic carbocycles. The summed E-state index contributed by atoms with van der Waals surface area (Å²) in [6.45, 7) is 1.96. The molecule has 0 saturated carbocycles. The Morgan fingerprint density at radius 3 is 2.90 bits per heavy atom. The van der Waals surface area contributed by atoms with E-state index in [-0.39, 0.29) is 17.5 Å². The van der Waals surface area contributed by atoms with Gasteiger partial charge in [-0.05, 0) is 24.6 Å². The molecule has 3 rings (SSSR count). The molecule has 106 valence electrons. The summed E-state index contributed by atoms with van der Waals surface area (Å²) in [6.07, 6.45) is 1.44. The normalized spacial score (nSPS) is 22.1. The quantitative estimate of drug-likeness (QED) is 0.904. The van der Waals surface area contributed by atoms with Gasteiger partial charge in [-0.3, -0.25) is 4.79 Å². The summed E-state index contributed by atoms with van der Waals surface area (Å²) >= 11 is 5.99. The highest BCUT2D eigenvalue weighted by molar-refractivity contribution is 6.31. The number of carboxylic acid groups (broad SMARTS) is 1. The lowest BCUT2D eigenvalue weighted by Gasteiger charge is -2.39. The molecule has 5 nitrogen and oxygen atoms in total. The number of carbonyl (C=O) groups is 2. The first-order chi connectivity index (χ1) is 9.56. The first kappa shape index (κ1) is 13.2. The third-order valence-electron chi connectivity index (χ3n) is 4.03. The van der Waals surface area contributed by atoms with E-state index in [1.54, 1.807) is 12.1 Å². The zero-order chi connectivity index (χ0) is 14.3. The van der Waals surface area contributed by atoms with Gasteiger partial charge >= 0.3 is 5.97 Å². The standard InChI is InChI=1S/C14H15ClN2O3/c15-9-1-3-11(14(19)20)12(7-9)16-5-6-17-10(8-16)2-4-13(17)18/h1,3,7,10H,2,4-6,8H2,(H,19,20). The third-order valence-corrected chi connectivity index (χ3v) is 4.26. The molecule has 1 N–H and O–H groups in total. The van der Waals surface area contributed by atoms with Gasteiger partial charge in [0.2, 0.25) is 5.91 Å². The number of fused-ring (bicyclic) bond motifs is 1. The largest absolute Gasteiger partial charge is 0.478 e. The molecule has 1 atom stereocenters. The van der Waals surface area contributed by atoms with Gasteiger partial charge < -0.3 is 14.9 Å². The van der Waals surface area contributed by atoms with Gasteiger partial charge in [-0.25, -0.2) is 4.79 Å². The smallest absolute Gasteiger partial charge is 0.337 e. The van der Waals surface area contributed by atoms with Crippen molar-refractivity contribution in [2.24, 2.45) is 0 Å². The van der Waals surface area contributed by atoms with E-state index in [0.717, 1.165) is 6.42 Å². The number of aromatic carboxylic acids is 1. The Morgan fingerprint density at radius 1 is 1.35 bits per heavy atom. The van der Waals surface area contributed by atoms with Crippen LogP contribution in [0.25, 0.3) is 0 Å². The number of hydrogen-bond donors (Lipinski definition) is 1. The van der Waals surface area contributed by atoms with Crippen molar-refractivity contribution in [3.8, 4) is 0 Å². The molecule has 0 aromatic heterocycles. The van der Waals surface area contributed by atoms with Crippen LogP contribution < -0.4 is 4.90 Å². The molecular weight excluding hydrogens is 280 g/mol. The molecule has 1 amide bonds. The molecule has 0 radical (unpaired) electrons. The summed E-state index contributed by atoms with van der Waals surface area (Å²) in [4.78, 5) is 26.9. The van der Waals surface area contributed by atoms with Crippen molar-refractivity contribution in [3.63, 3.8) is 0 Å². The summed E-state index contributed by atoms with van der Waals surface area (Å²) in [5, 5.41) is 9.81. The number of carboxylic acids is 1. The number of benzene rings is 1. The predicted octanol–water partition coefficient (Wildman–Crippen LogP) is 1.85. The number of anilines is 1. The van der Waals surface area contributed by atoms with Crippen LogP contribution in [0, 0.1) is 0 Å². The van der Waals surface area contributed by atoms with E-state index in [1.807, 2.05) is 9.80 Å². The Morgan fingerprint density at radius 2 is 2.15 bits per heavy atom. The Kier molecular flexibility index (Phi) is 3.30. The minimum Gasteiger partial charge on any atom is -0.478 e. The highest BCUT2D eigenvalue weighted by Crippen LogP contribution is 2.30. The highest BCUT2D eigenvalue weighted by Gasteiger charge is 2.36. The van der Waals surface area contributed by atoms with Crippen molar-refractivity contribution in [1.82, 2.24) is 4.90 Å². The maximum Gasteiger partial charge on any atom is 0.337 e. The van der Waals surface area contributed by atoms with Gasteiger partial charge in [0.25, 0.3) is 0 Å². The second-order valence-electron chi connectivity index (χ2n) is 5.19. The molecule has 1 unspecified atom stereocenters. The van der Waals surface area contributed by atoms with E-state index in [0.29, 0.717) is 36.8 Å². The Bertz CT molecular complexity index is 576. The molecule has 0 bridgehead atoms. The molecule has 1 aromatic rings. The van der Waals surface area contributed by atoms with Crippen LogP contribution in [-0.4, -0.2) is 47.6 Å². The van der Waals surface area contributed by atoms with Gasteiger partial charge in [0.1, 0.15) is 0 Å². The molecule has 2 aliphatic heterocycles. The molecular formula is C14H15ClN2O3. The van der Waals surface area contributed by atoms with E-state index < -0.39 is 5.97 Å². The monoisotopic (exact) mass is 294 g/mol. The molecule has 0 spiro atoms. The lowest BCUT2D eigenvalue weighted by atomic mass is 10.1. The van der Waals surface area contributed by atoms with E-state index in [4.69, 9.17) is 11.6 Å². The fraction of sp³-hybridized carbons (Fsp3) is 0.429. The summed E-state index contributed by atoms with van der Waals surface area (Å²) in [7, 11) is 0. The maximum absolute atomic E-state index is 11.7. The van der Waals surface area contributed by atoms with Gasteiger partial charge in [0.15, 0.2) is 0 Å². The average Bonchev–Trinajstić information content (AvgIpc) is 2.79. The number of hydrogen-bond acceptors (Lipinski definition) is 3. The number of carbonyl (C=O) groups excluding carboxylic acids is 1. The fourth-order valence-electron chi connectivity index (χ4n) is 3.03. The van der Waals surface area contributed by atoms with Crippen LogP contribution in [-0.2, 0) is 4.79 Å². The SMILES string of the molecule is O=C(O)c1ccc(Cl)cc1N1CCN2C(=O)CCC2C1. The number of halogens is 1. The van der Waals surface area contributed by atoms with Crippen LogP contribution in [0.2, 0.25) is 5.02 Å². The van der Waals surface area contributed by atoms with E-state index in [1.165, 1.54) is 6.07 Å². The summed E-state index contributed by atoms with van der Waals surface area (Å²) in [5.41, 5.74) is 0.899. The van der Waals surface area contributed by atoms with Gasteiger partial charge in [-0.1, -0.05) is 11.6 Å². The molecule has 6 heteroatoms. The Hall–Kier alpha value is -1.75. The van der Waals surface area contributed by atoms with Crippen molar-refractivity contribution in [2.45, 2.75) is 18.9 Å². The van der Waals surface area contributed by atoms with Gasteiger partial charge in [-0.15, -0.1) is 0 Å². The molecule has 0 aliphatic carbocycles. The van der Waals surface area contributed by atoms with Crippen LogP contribution in [0.1, 0.15) is 23.2 Å². The van der Waals surface area contributed by atoms with Crippen molar-refractivity contribution in [1.29, 1.82) is 0 Å². The first-order valence-corrected chi connectivity index (χ1v) is 7.01. The fourth-order valence-corrected chi connectivity index (χ4v) is 3.20.